The first kappa shape index (κ1) is 83.8. The number of nitrogens with one attached hydrogen (secondary N) is 5. The number of nitrogens with two attached hydrogens (primary N) is 1. The van der Waals surface area contributed by atoms with Crippen molar-refractivity contribution in [3.63, 3.8) is 0 Å². The minimum atomic E-state index is -2.40. The Kier molecular flexibility index (Phi) is 29.5. The van der Waals surface area contributed by atoms with Crippen molar-refractivity contribution in [3.05, 3.63) is 119 Å². The van der Waals surface area contributed by atoms with E-state index in [1.807, 2.05) is 55.5 Å². The standard InChI is InChI=1S/C79H103F2N9O19/c1-8-14-69-108-65-45-57-58-44-60(80)59-43-56(91)28-30-76(59,4)78(58,81)63(92)46-77(57,5)79(65,109-69)64(93)49-107-75(101)89(7)34-33-88(6)74(100)106-48-51-20-24-55(25-21-51)85-71(97)61(18-13-31-84-73(82)99)86-72(98)70(50(2)3)87-67(95)29-35-102-37-39-104-41-42-105-40-38-103-36-32-83-66(94)26-27-68(96)90-47-54-17-10-9-15-52(54)22-23-53-16-11-12-19-62(53)90/h9-12,15-17,19-21,24-25,28,30,43,50,57-58,60-61,63,65,69-70,92H,8,13-14,18,26-27,29,31-42,44-49H2,1-7H3,(H,83,94)(H,85,97)(H,86,98)(H,87,95)(H3,82,84,99)/t57-,58-,60-,61-,63-,65+,69?,70-,76-,77-,78-,79+/m0/s1. The lowest BCUT2D eigenvalue weighted by molar-refractivity contribution is -0.234. The van der Waals surface area contributed by atoms with Gasteiger partial charge in [0.15, 0.2) is 29.9 Å². The number of urea groups is 1. The lowest BCUT2D eigenvalue weighted by Crippen LogP contribution is -2.71. The zero-order valence-corrected chi connectivity index (χ0v) is 63.0. The molecule has 1 saturated heterocycles. The molecule has 4 aliphatic carbocycles. The van der Waals surface area contributed by atoms with Gasteiger partial charge in [-0.2, -0.15) is 0 Å². The van der Waals surface area contributed by atoms with Crippen molar-refractivity contribution in [1.29, 1.82) is 0 Å². The number of alkyl halides is 2. The number of halogens is 2. The zero-order chi connectivity index (χ0) is 78.6. The molecule has 8 N–H and O–H groups in total. The maximum absolute atomic E-state index is 18.0. The lowest BCUT2D eigenvalue weighted by atomic mass is 9.44. The molecule has 9 rings (SSSR count). The summed E-state index contributed by atoms with van der Waals surface area (Å²) in [6.07, 6.45) is -2.28. The van der Waals surface area contributed by atoms with E-state index in [4.69, 9.17) is 43.6 Å². The molecule has 30 heteroatoms. The quantitative estimate of drug-likeness (QED) is 0.0240. The largest absolute Gasteiger partial charge is 0.445 e. The Morgan fingerprint density at radius 1 is 0.752 bits per heavy atom. The summed E-state index contributed by atoms with van der Waals surface area (Å²) in [6.45, 7) is 10.1. The number of fused-ring (bicyclic) bond motifs is 9. The predicted octanol–water partition coefficient (Wildman–Crippen LogP) is 6.41. The van der Waals surface area contributed by atoms with Gasteiger partial charge in [0.1, 0.15) is 24.9 Å². The van der Waals surface area contributed by atoms with Crippen LogP contribution in [0.1, 0.15) is 121 Å². The summed E-state index contributed by atoms with van der Waals surface area (Å²) < 4.78 is 80.5. The van der Waals surface area contributed by atoms with Crippen LogP contribution in [0.2, 0.25) is 0 Å². The Morgan fingerprint density at radius 2 is 1.39 bits per heavy atom. The number of allylic oxidation sites excluding steroid dienone is 4. The third kappa shape index (κ3) is 20.2. The number of aliphatic hydroxyl groups is 1. The fourth-order valence-corrected chi connectivity index (χ4v) is 15.6. The number of nitrogens with zero attached hydrogens (tertiary/aromatic N) is 3. The zero-order valence-electron chi connectivity index (χ0n) is 63.0. The van der Waals surface area contributed by atoms with Crippen LogP contribution in [0.25, 0.3) is 0 Å². The number of amides is 9. The highest BCUT2D eigenvalue weighted by Gasteiger charge is 2.80. The highest BCUT2D eigenvalue weighted by atomic mass is 19.1. The number of anilines is 2. The molecule has 3 aromatic carbocycles. The number of rotatable bonds is 38. The van der Waals surface area contributed by atoms with Gasteiger partial charge in [0.2, 0.25) is 35.3 Å². The molecule has 3 aromatic rings. The summed E-state index contributed by atoms with van der Waals surface area (Å²) in [6, 6.07) is 18.6. The fraction of sp³-hybridized carbons (Fsp3) is 0.570. The third-order valence-electron chi connectivity index (χ3n) is 21.4. The van der Waals surface area contributed by atoms with E-state index < -0.39 is 131 Å². The van der Waals surface area contributed by atoms with Crippen molar-refractivity contribution < 1.29 is 99.7 Å². The molecular formula is C79H103F2N9O19. The molecule has 2 aliphatic heterocycles. The topological polar surface area (TPSA) is 361 Å². The second-order valence-electron chi connectivity index (χ2n) is 29.1. The van der Waals surface area contributed by atoms with Crippen LogP contribution >= 0.6 is 0 Å². The smallest absolute Gasteiger partial charge is 0.409 e. The summed E-state index contributed by atoms with van der Waals surface area (Å²) in [7, 11) is 2.87. The van der Waals surface area contributed by atoms with Crippen molar-refractivity contribution in [2.24, 2.45) is 34.3 Å². The van der Waals surface area contributed by atoms with Gasteiger partial charge in [-0.15, -0.1) is 0 Å². The molecule has 9 amide bonds. The summed E-state index contributed by atoms with van der Waals surface area (Å²) in [5.41, 5.74) is 2.22. The van der Waals surface area contributed by atoms with Crippen LogP contribution in [-0.2, 0) is 84.6 Å². The van der Waals surface area contributed by atoms with E-state index in [0.717, 1.165) is 27.7 Å². The number of benzene rings is 3. The van der Waals surface area contributed by atoms with Gasteiger partial charge >= 0.3 is 18.2 Å². The Labute approximate surface area is 633 Å². The molecule has 0 bridgehead atoms. The number of para-hydroxylation sites is 1. The fourth-order valence-electron chi connectivity index (χ4n) is 15.6. The number of ether oxygens (including phenoxy) is 8. The predicted molar refractivity (Wildman–Crippen MR) is 394 cm³/mol. The second kappa shape index (κ2) is 38.4. The molecule has 6 aliphatic rings. The van der Waals surface area contributed by atoms with Gasteiger partial charge in [-0.1, -0.05) is 94.5 Å². The van der Waals surface area contributed by atoms with E-state index in [1.165, 1.54) is 38.1 Å². The maximum Gasteiger partial charge on any atom is 0.409 e. The van der Waals surface area contributed by atoms with Gasteiger partial charge in [-0.3, -0.25) is 33.6 Å². The molecule has 0 aromatic heterocycles. The van der Waals surface area contributed by atoms with E-state index in [9.17, 15) is 53.1 Å². The van der Waals surface area contributed by atoms with Crippen LogP contribution in [-0.4, -0.2) is 222 Å². The molecule has 109 heavy (non-hydrogen) atoms. The van der Waals surface area contributed by atoms with Crippen LogP contribution in [0.3, 0.4) is 0 Å². The van der Waals surface area contributed by atoms with Crippen LogP contribution in [0.5, 0.6) is 0 Å². The van der Waals surface area contributed by atoms with E-state index in [-0.39, 0.29) is 141 Å². The number of likely N-dealkylation sites (N-methyl/N-ethyl adjacent to an activating group) is 2. The Bertz CT molecular complexity index is 3890. The summed E-state index contributed by atoms with van der Waals surface area (Å²) in [5, 5.41) is 25.5. The first-order chi connectivity index (χ1) is 52.1. The monoisotopic (exact) mass is 1520 g/mol. The van der Waals surface area contributed by atoms with E-state index in [0.29, 0.717) is 49.5 Å². The van der Waals surface area contributed by atoms with Crippen LogP contribution < -0.4 is 37.2 Å². The molecule has 0 radical (unpaired) electrons. The van der Waals surface area contributed by atoms with Gasteiger partial charge < -0.3 is 90.0 Å². The number of ketones is 2. The average molecular weight is 1520 g/mol. The van der Waals surface area contributed by atoms with Gasteiger partial charge in [-0.05, 0) is 116 Å². The third-order valence-corrected chi connectivity index (χ3v) is 21.4. The summed E-state index contributed by atoms with van der Waals surface area (Å²) in [4.78, 5) is 136. The van der Waals surface area contributed by atoms with Crippen molar-refractivity contribution in [3.8, 4) is 11.8 Å². The van der Waals surface area contributed by atoms with E-state index in [2.05, 4.69) is 38.4 Å². The molecule has 1 unspecified atom stereocenters. The molecule has 3 saturated carbocycles. The van der Waals surface area contributed by atoms with Crippen molar-refractivity contribution in [2.45, 2.75) is 160 Å². The van der Waals surface area contributed by atoms with Gasteiger partial charge in [0.25, 0.3) is 0 Å². The highest BCUT2D eigenvalue weighted by molar-refractivity contribution is 6.02. The number of Topliss-reactive ketones (excluding diaryl/α,β-unsaturated/α-hetero) is 1. The van der Waals surface area contributed by atoms with Crippen molar-refractivity contribution in [2.75, 3.05) is 110 Å². The normalized spacial score (nSPS) is 24.6. The number of carbonyl (C=O) groups excluding carboxylic acids is 10. The van der Waals surface area contributed by atoms with Crippen molar-refractivity contribution in [1.82, 2.24) is 31.1 Å². The molecule has 592 valence electrons. The minimum Gasteiger partial charge on any atom is -0.445 e. The second-order valence-corrected chi connectivity index (χ2v) is 29.1. The molecule has 0 spiro atoms. The average Bonchev–Trinajstić information content (AvgIpc) is 1.56. The molecule has 2 heterocycles. The number of carbonyl (C=O) groups is 10. The van der Waals surface area contributed by atoms with Crippen LogP contribution in [0, 0.1) is 40.4 Å². The van der Waals surface area contributed by atoms with Gasteiger partial charge in [0.05, 0.1) is 77.3 Å². The van der Waals surface area contributed by atoms with Gasteiger partial charge in [0, 0.05) is 93.1 Å². The molecule has 4 fully saturated rings. The number of hydrogen-bond acceptors (Lipinski definition) is 19. The van der Waals surface area contributed by atoms with E-state index in [1.54, 1.807) is 49.9 Å². The van der Waals surface area contributed by atoms with Gasteiger partial charge in [-0.25, -0.2) is 23.2 Å². The van der Waals surface area contributed by atoms with E-state index >= 15 is 8.78 Å². The molecular weight excluding hydrogens is 1420 g/mol. The SMILES string of the molecule is CCCC1O[C@@H]2C[C@H]3[C@@H]4C[C@H](F)C5=CC(=O)C=C[C@]5(C)[C@@]4(F)[C@@H](O)C[C@]3(C)[C@]2(C(=O)COC(=O)N(C)CCN(C)C(=O)OCc2ccc(NC(=O)[C@H](CCCNC(N)=O)NC(=O)[C@@H](NC(=O)CCOCCOCCOCCOCCNC(=O)CCC(=O)N3Cc4ccccc4C#Cc4ccccc43)C(C)C)cc2)O1. The first-order valence-electron chi connectivity index (χ1n) is 37.3. The van der Waals surface area contributed by atoms with Crippen LogP contribution in [0.15, 0.2) is 96.6 Å². The molecule has 12 atom stereocenters. The summed E-state index contributed by atoms with van der Waals surface area (Å²) >= 11 is 0. The number of hydrogen-bond donors (Lipinski definition) is 7. The maximum atomic E-state index is 18.0. The number of primary amides is 1. The lowest BCUT2D eigenvalue weighted by Gasteiger charge is -2.63. The Balaban J connectivity index is 0.632. The highest BCUT2D eigenvalue weighted by Crippen LogP contribution is 2.72. The molecule has 28 nitrogen and oxygen atoms in total. The van der Waals surface area contributed by atoms with Crippen LogP contribution in [0.4, 0.5) is 34.5 Å². The summed E-state index contributed by atoms with van der Waals surface area (Å²) in [5.74, 6) is 0.906. The number of aliphatic hydroxyl groups excluding tert-OH is 1. The van der Waals surface area contributed by atoms with Crippen molar-refractivity contribution >= 4 is 70.7 Å². The Hall–Kier alpha value is -9.22. The first-order valence-corrected chi connectivity index (χ1v) is 37.3. The Morgan fingerprint density at radius 3 is 2.07 bits per heavy atom. The minimum absolute atomic E-state index is 0.0212.